The van der Waals surface area contributed by atoms with E-state index in [0.717, 1.165) is 21.5 Å². The van der Waals surface area contributed by atoms with E-state index in [2.05, 4.69) is 11.6 Å². The molecule has 0 radical (unpaired) electrons. The number of allylic oxidation sites excluding steroid dienone is 1. The van der Waals surface area contributed by atoms with Gasteiger partial charge in [0.25, 0.3) is 5.91 Å². The van der Waals surface area contributed by atoms with E-state index in [1.54, 1.807) is 6.08 Å². The largest absolute Gasteiger partial charge is 0.494 e. The summed E-state index contributed by atoms with van der Waals surface area (Å²) < 4.78 is 35.7. The second-order valence-electron chi connectivity index (χ2n) is 8.03. The molecule has 0 N–H and O–H groups in total. The normalized spacial score (nSPS) is 12.2. The van der Waals surface area contributed by atoms with E-state index >= 15 is 0 Å². The summed E-state index contributed by atoms with van der Waals surface area (Å²) in [5.41, 5.74) is 2.12. The van der Waals surface area contributed by atoms with E-state index < -0.39 is 15.9 Å². The number of carbonyl (C=O) groups is 1. The molecule has 0 bridgehead atoms. The Morgan fingerprint density at radius 2 is 1.83 bits per heavy atom. The van der Waals surface area contributed by atoms with E-state index in [9.17, 15) is 13.2 Å². The number of nitrogens with zero attached hydrogens (tertiary/aromatic N) is 3. The molecule has 9 heteroatoms. The Morgan fingerprint density at radius 1 is 1.11 bits per heavy atom. The Hall–Kier alpha value is -3.53. The van der Waals surface area contributed by atoms with Gasteiger partial charge in [-0.25, -0.2) is 8.42 Å². The number of rotatable bonds is 9. The number of carbonyl (C=O) groups excluding carboxylic acids is 1. The number of ether oxygens (including phenoxy) is 1. The van der Waals surface area contributed by atoms with Gasteiger partial charge in [-0.2, -0.15) is 9.30 Å². The molecular formula is C27H27N3O4S2. The molecule has 3 aromatic carbocycles. The molecule has 7 nitrogen and oxygen atoms in total. The van der Waals surface area contributed by atoms with Crippen LogP contribution in [0.2, 0.25) is 0 Å². The van der Waals surface area contributed by atoms with Gasteiger partial charge in [0.2, 0.25) is 10.0 Å². The van der Waals surface area contributed by atoms with E-state index in [1.165, 1.54) is 47.0 Å². The van der Waals surface area contributed by atoms with Crippen molar-refractivity contribution >= 4 is 37.5 Å². The number of aromatic nitrogens is 1. The third-order valence-corrected chi connectivity index (χ3v) is 8.39. The van der Waals surface area contributed by atoms with Crippen LogP contribution in [0.3, 0.4) is 0 Å². The quantitative estimate of drug-likeness (QED) is 0.295. The molecule has 0 atom stereocenters. The second kappa shape index (κ2) is 11.0. The van der Waals surface area contributed by atoms with Crippen molar-refractivity contribution in [3.63, 3.8) is 0 Å². The topological polar surface area (TPSA) is 81.0 Å². The Kier molecular flexibility index (Phi) is 7.83. The Morgan fingerprint density at radius 3 is 2.50 bits per heavy atom. The fourth-order valence-electron chi connectivity index (χ4n) is 3.73. The number of hydrogen-bond acceptors (Lipinski definition) is 5. The summed E-state index contributed by atoms with van der Waals surface area (Å²) >= 11 is 1.38. The summed E-state index contributed by atoms with van der Waals surface area (Å²) in [6, 6.07) is 21.0. The fraction of sp³-hybridized carbons (Fsp3) is 0.185. The lowest BCUT2D eigenvalue weighted by Gasteiger charge is -2.17. The van der Waals surface area contributed by atoms with E-state index in [-0.39, 0.29) is 11.4 Å². The van der Waals surface area contributed by atoms with Crippen LogP contribution in [0.1, 0.15) is 22.8 Å². The van der Waals surface area contributed by atoms with Crippen molar-refractivity contribution in [1.82, 2.24) is 8.87 Å². The first-order valence-corrected chi connectivity index (χ1v) is 13.7. The van der Waals surface area contributed by atoms with Gasteiger partial charge < -0.3 is 9.30 Å². The molecule has 0 fully saturated rings. The zero-order chi connectivity index (χ0) is 25.7. The van der Waals surface area contributed by atoms with Gasteiger partial charge in [0.1, 0.15) is 5.75 Å². The maximum atomic E-state index is 13.0. The van der Waals surface area contributed by atoms with Crippen LogP contribution in [0.15, 0.2) is 95.3 Å². The first-order chi connectivity index (χ1) is 17.3. The van der Waals surface area contributed by atoms with Gasteiger partial charge in [-0.15, -0.1) is 6.58 Å². The molecular weight excluding hydrogens is 494 g/mol. The summed E-state index contributed by atoms with van der Waals surface area (Å²) in [4.78, 5) is 18.0. The highest BCUT2D eigenvalue weighted by Gasteiger charge is 2.21. The summed E-state index contributed by atoms with van der Waals surface area (Å²) in [6.45, 7) is 7.04. The van der Waals surface area contributed by atoms with Gasteiger partial charge in [0.05, 0.1) is 21.7 Å². The molecule has 4 rings (SSSR count). The van der Waals surface area contributed by atoms with Gasteiger partial charge in [-0.05, 0) is 55.0 Å². The average molecular weight is 522 g/mol. The minimum Gasteiger partial charge on any atom is -0.494 e. The van der Waals surface area contributed by atoms with Crippen molar-refractivity contribution < 1.29 is 17.9 Å². The minimum absolute atomic E-state index is 0.115. The molecule has 0 unspecified atom stereocenters. The highest BCUT2D eigenvalue weighted by atomic mass is 32.2. The predicted molar refractivity (Wildman–Crippen MR) is 143 cm³/mol. The third kappa shape index (κ3) is 5.48. The summed E-state index contributed by atoms with van der Waals surface area (Å²) in [5, 5.41) is 0. The lowest BCUT2D eigenvalue weighted by atomic mass is 10.2. The first-order valence-electron chi connectivity index (χ1n) is 11.4. The second-order valence-corrected chi connectivity index (χ2v) is 11.1. The Labute approximate surface area is 214 Å². The summed E-state index contributed by atoms with van der Waals surface area (Å²) in [7, 11) is -2.18. The number of benzene rings is 3. The van der Waals surface area contributed by atoms with E-state index in [1.807, 2.05) is 60.0 Å². The number of hydrogen-bond donors (Lipinski definition) is 0. The van der Waals surface area contributed by atoms with Crippen LogP contribution >= 0.6 is 11.3 Å². The van der Waals surface area contributed by atoms with Crippen LogP contribution in [0.4, 0.5) is 0 Å². The van der Waals surface area contributed by atoms with Gasteiger partial charge >= 0.3 is 0 Å². The molecule has 0 aliphatic carbocycles. The lowest BCUT2D eigenvalue weighted by Crippen LogP contribution is -2.26. The van der Waals surface area contributed by atoms with Crippen molar-refractivity contribution in [2.75, 3.05) is 13.7 Å². The van der Waals surface area contributed by atoms with Crippen LogP contribution in [0.25, 0.3) is 10.2 Å². The molecule has 0 aliphatic heterocycles. The standard InChI is InChI=1S/C27H27N3O4S2/c1-4-17-30-24-16-13-22(34-5-2)18-25(24)35-27(30)28-26(31)21-11-14-23(15-12-21)36(32,33)29(3)19-20-9-7-6-8-10-20/h4,6-16,18H,1,5,17,19H2,2-3H3. The molecule has 0 saturated heterocycles. The SMILES string of the molecule is C=CCn1c(=NC(=O)c2ccc(S(=O)(=O)N(C)Cc3ccccc3)cc2)sc2cc(OCC)ccc21. The van der Waals surface area contributed by atoms with Crippen LogP contribution in [0.5, 0.6) is 5.75 Å². The summed E-state index contributed by atoms with van der Waals surface area (Å²) in [6.07, 6.45) is 1.75. The van der Waals surface area contributed by atoms with Crippen LogP contribution in [-0.2, 0) is 23.1 Å². The fourth-order valence-corrected chi connectivity index (χ4v) is 5.95. The Balaban J connectivity index is 1.60. The molecule has 186 valence electrons. The van der Waals surface area contributed by atoms with Gasteiger partial charge in [0.15, 0.2) is 4.80 Å². The van der Waals surface area contributed by atoms with Crippen LogP contribution < -0.4 is 9.54 Å². The molecule has 4 aromatic rings. The third-order valence-electron chi connectivity index (χ3n) is 5.53. The lowest BCUT2D eigenvalue weighted by molar-refractivity contribution is 0.0997. The molecule has 1 heterocycles. The van der Waals surface area contributed by atoms with E-state index in [0.29, 0.717) is 23.5 Å². The predicted octanol–water partition coefficient (Wildman–Crippen LogP) is 4.85. The monoisotopic (exact) mass is 521 g/mol. The van der Waals surface area contributed by atoms with Crippen molar-refractivity contribution in [2.45, 2.75) is 24.9 Å². The molecule has 0 spiro atoms. The van der Waals surface area contributed by atoms with Crippen LogP contribution in [0, 0.1) is 0 Å². The van der Waals surface area contributed by atoms with Crippen LogP contribution in [-0.4, -0.2) is 36.9 Å². The maximum Gasteiger partial charge on any atom is 0.279 e. The maximum absolute atomic E-state index is 13.0. The molecule has 36 heavy (non-hydrogen) atoms. The molecule has 1 aromatic heterocycles. The van der Waals surface area contributed by atoms with Crippen molar-refractivity contribution in [2.24, 2.45) is 4.99 Å². The highest BCUT2D eigenvalue weighted by molar-refractivity contribution is 7.89. The van der Waals surface area contributed by atoms with Gasteiger partial charge in [0, 0.05) is 25.7 Å². The molecule has 0 saturated carbocycles. The van der Waals surface area contributed by atoms with E-state index in [4.69, 9.17) is 4.74 Å². The van der Waals surface area contributed by atoms with Crippen molar-refractivity contribution in [3.8, 4) is 5.75 Å². The highest BCUT2D eigenvalue weighted by Crippen LogP contribution is 2.24. The van der Waals surface area contributed by atoms with Gasteiger partial charge in [-0.3, -0.25) is 4.79 Å². The smallest absolute Gasteiger partial charge is 0.279 e. The Bertz CT molecular complexity index is 1550. The summed E-state index contributed by atoms with van der Waals surface area (Å²) in [5.74, 6) is 0.301. The number of amides is 1. The number of fused-ring (bicyclic) bond motifs is 1. The number of thiazole rings is 1. The van der Waals surface area contributed by atoms with Crippen molar-refractivity contribution in [3.05, 3.63) is 101 Å². The molecule has 1 amide bonds. The first kappa shape index (κ1) is 25.6. The van der Waals surface area contributed by atoms with Gasteiger partial charge in [-0.1, -0.05) is 47.7 Å². The number of sulfonamides is 1. The zero-order valence-electron chi connectivity index (χ0n) is 20.1. The minimum atomic E-state index is -3.71. The van der Waals surface area contributed by atoms with Crippen molar-refractivity contribution in [1.29, 1.82) is 0 Å². The molecule has 0 aliphatic rings. The average Bonchev–Trinajstić information content (AvgIpc) is 3.21. The zero-order valence-corrected chi connectivity index (χ0v) is 21.8.